The van der Waals surface area contributed by atoms with Gasteiger partial charge in [0.2, 0.25) is 4.96 Å². The van der Waals surface area contributed by atoms with Crippen molar-refractivity contribution in [1.82, 2.24) is 14.6 Å². The zero-order valence-electron chi connectivity index (χ0n) is 19.7. The second-order valence-corrected chi connectivity index (χ2v) is 10.0. The third kappa shape index (κ3) is 3.50. The molecule has 3 aromatic carbocycles. The van der Waals surface area contributed by atoms with Crippen LogP contribution in [0.4, 0.5) is 5.69 Å². The molecular formula is C28H20N4O4S. The number of aromatic nitrogens is 3. The van der Waals surface area contributed by atoms with E-state index < -0.39 is 6.10 Å². The molecule has 0 aliphatic carbocycles. The SMILES string of the molecule is Cc1ccc(CN2C(=O)C(=c3sc4nc(C5COc6ccccc6O5)nn4c3=O)c3ccccc32)cc1. The number of benzene rings is 3. The first-order chi connectivity index (χ1) is 18.1. The lowest BCUT2D eigenvalue weighted by atomic mass is 10.1. The molecular weight excluding hydrogens is 488 g/mol. The summed E-state index contributed by atoms with van der Waals surface area (Å²) in [5, 5.41) is 4.44. The van der Waals surface area contributed by atoms with Crippen molar-refractivity contribution >= 4 is 33.5 Å². The molecule has 2 aliphatic rings. The molecule has 0 bridgehead atoms. The van der Waals surface area contributed by atoms with Crippen molar-refractivity contribution in [2.24, 2.45) is 0 Å². The van der Waals surface area contributed by atoms with Gasteiger partial charge in [0.25, 0.3) is 11.5 Å². The van der Waals surface area contributed by atoms with Gasteiger partial charge in [-0.1, -0.05) is 71.5 Å². The van der Waals surface area contributed by atoms with E-state index >= 15 is 0 Å². The number of nitrogens with zero attached hydrogens (tertiary/aromatic N) is 4. The van der Waals surface area contributed by atoms with Crippen molar-refractivity contribution in [3.63, 3.8) is 0 Å². The Morgan fingerprint density at radius 1 is 0.973 bits per heavy atom. The average molecular weight is 509 g/mol. The van der Waals surface area contributed by atoms with Gasteiger partial charge in [-0.3, -0.25) is 9.59 Å². The van der Waals surface area contributed by atoms with Crippen LogP contribution in [0.25, 0.3) is 10.5 Å². The summed E-state index contributed by atoms with van der Waals surface area (Å²) in [5.74, 6) is 1.44. The monoisotopic (exact) mass is 508 g/mol. The van der Waals surface area contributed by atoms with Crippen LogP contribution in [0.3, 0.4) is 0 Å². The minimum Gasteiger partial charge on any atom is -0.485 e. The second-order valence-electron chi connectivity index (χ2n) is 9.03. The topological polar surface area (TPSA) is 86.0 Å². The van der Waals surface area contributed by atoms with Gasteiger partial charge in [0.05, 0.1) is 17.8 Å². The van der Waals surface area contributed by atoms with Crippen molar-refractivity contribution in [3.05, 3.63) is 110 Å². The summed E-state index contributed by atoms with van der Waals surface area (Å²) in [5.41, 5.74) is 3.71. The molecule has 182 valence electrons. The van der Waals surface area contributed by atoms with E-state index in [1.165, 1.54) is 15.9 Å². The van der Waals surface area contributed by atoms with Crippen LogP contribution in [0, 0.1) is 6.92 Å². The van der Waals surface area contributed by atoms with Gasteiger partial charge in [0.15, 0.2) is 23.4 Å². The smallest absolute Gasteiger partial charge is 0.291 e. The number of anilines is 1. The van der Waals surface area contributed by atoms with Gasteiger partial charge in [-0.15, -0.1) is 5.10 Å². The maximum atomic E-state index is 13.7. The number of amides is 1. The summed E-state index contributed by atoms with van der Waals surface area (Å²) in [4.78, 5) is 33.9. The lowest BCUT2D eigenvalue weighted by Gasteiger charge is -2.24. The van der Waals surface area contributed by atoms with Gasteiger partial charge in [-0.2, -0.15) is 9.50 Å². The molecule has 0 N–H and O–H groups in total. The molecule has 2 aromatic heterocycles. The third-order valence-electron chi connectivity index (χ3n) is 6.58. The molecule has 0 saturated heterocycles. The van der Waals surface area contributed by atoms with Gasteiger partial charge in [0.1, 0.15) is 11.1 Å². The molecule has 0 spiro atoms. The highest BCUT2D eigenvalue weighted by Crippen LogP contribution is 2.37. The Labute approximate surface area is 215 Å². The molecule has 1 unspecified atom stereocenters. The Morgan fingerprint density at radius 3 is 2.54 bits per heavy atom. The maximum absolute atomic E-state index is 13.7. The fourth-order valence-corrected chi connectivity index (χ4v) is 5.72. The largest absolute Gasteiger partial charge is 0.485 e. The first-order valence-electron chi connectivity index (χ1n) is 11.9. The fourth-order valence-electron chi connectivity index (χ4n) is 4.72. The number of hydrogen-bond acceptors (Lipinski definition) is 7. The van der Waals surface area contributed by atoms with E-state index in [-0.39, 0.29) is 18.1 Å². The summed E-state index contributed by atoms with van der Waals surface area (Å²) in [6, 6.07) is 23.0. The Kier molecular flexibility index (Phi) is 4.87. The molecule has 1 atom stereocenters. The number of carbonyl (C=O) groups is 1. The molecule has 8 nitrogen and oxygen atoms in total. The van der Waals surface area contributed by atoms with Crippen molar-refractivity contribution < 1.29 is 14.3 Å². The Bertz CT molecular complexity index is 1810. The van der Waals surface area contributed by atoms with Gasteiger partial charge in [-0.05, 0) is 30.7 Å². The van der Waals surface area contributed by atoms with Crippen LogP contribution in [-0.4, -0.2) is 27.1 Å². The minimum atomic E-state index is -0.531. The van der Waals surface area contributed by atoms with Gasteiger partial charge < -0.3 is 14.4 Å². The van der Waals surface area contributed by atoms with Crippen molar-refractivity contribution in [2.45, 2.75) is 19.6 Å². The Balaban J connectivity index is 1.29. The van der Waals surface area contributed by atoms with Crippen molar-refractivity contribution in [2.75, 3.05) is 11.5 Å². The summed E-state index contributed by atoms with van der Waals surface area (Å²) >= 11 is 1.17. The standard InChI is InChI=1S/C28H20N4O4S/c1-16-10-12-17(13-11-16)14-31-19-7-3-2-6-18(19)23(26(31)33)24-27(34)32-28(37-24)29-25(30-32)22-15-35-20-8-4-5-9-21(20)36-22/h2-13,22H,14-15H2,1H3. The first kappa shape index (κ1) is 21.8. The fraction of sp³-hybridized carbons (Fsp3) is 0.143. The number of carbonyl (C=O) groups excluding carboxylic acids is 1. The van der Waals surface area contributed by atoms with E-state index in [1.54, 1.807) is 4.90 Å². The molecule has 0 radical (unpaired) electrons. The molecule has 37 heavy (non-hydrogen) atoms. The maximum Gasteiger partial charge on any atom is 0.291 e. The predicted molar refractivity (Wildman–Crippen MR) is 139 cm³/mol. The minimum absolute atomic E-state index is 0.204. The second kappa shape index (κ2) is 8.28. The van der Waals surface area contributed by atoms with Crippen LogP contribution in [-0.2, 0) is 11.3 Å². The number of aryl methyl sites for hydroxylation is 1. The molecule has 5 aromatic rings. The Morgan fingerprint density at radius 2 is 1.73 bits per heavy atom. The first-order valence-corrected chi connectivity index (χ1v) is 12.7. The van der Waals surface area contributed by atoms with Crippen molar-refractivity contribution in [3.8, 4) is 11.5 Å². The molecule has 9 heteroatoms. The number of hydrogen-bond donors (Lipinski definition) is 0. The average Bonchev–Trinajstić information content (AvgIpc) is 3.56. The van der Waals surface area contributed by atoms with Crippen LogP contribution in [0.2, 0.25) is 0 Å². The van der Waals surface area contributed by atoms with E-state index in [9.17, 15) is 9.59 Å². The normalized spacial score (nSPS) is 17.9. The lowest BCUT2D eigenvalue weighted by Crippen LogP contribution is -2.32. The van der Waals surface area contributed by atoms with Crippen LogP contribution in [0.5, 0.6) is 11.5 Å². The lowest BCUT2D eigenvalue weighted by molar-refractivity contribution is -0.113. The van der Waals surface area contributed by atoms with Crippen LogP contribution < -0.4 is 24.5 Å². The Hall–Kier alpha value is -4.50. The molecule has 0 saturated carbocycles. The zero-order valence-corrected chi connectivity index (χ0v) is 20.6. The van der Waals surface area contributed by atoms with Gasteiger partial charge in [-0.25, -0.2) is 0 Å². The number of para-hydroxylation sites is 3. The van der Waals surface area contributed by atoms with Crippen LogP contribution in [0.15, 0.2) is 77.6 Å². The van der Waals surface area contributed by atoms with E-state index in [0.717, 1.165) is 22.4 Å². The summed E-state index contributed by atoms with van der Waals surface area (Å²) in [6.45, 7) is 2.69. The summed E-state index contributed by atoms with van der Waals surface area (Å²) < 4.78 is 13.4. The van der Waals surface area contributed by atoms with E-state index in [0.29, 0.717) is 38.9 Å². The molecule has 7 rings (SSSR count). The molecule has 0 fully saturated rings. The van der Waals surface area contributed by atoms with Crippen molar-refractivity contribution in [1.29, 1.82) is 0 Å². The number of ether oxygens (including phenoxy) is 2. The number of rotatable bonds is 3. The predicted octanol–water partition coefficient (Wildman–Crippen LogP) is 3.44. The van der Waals surface area contributed by atoms with E-state index in [2.05, 4.69) is 10.1 Å². The summed E-state index contributed by atoms with van der Waals surface area (Å²) in [7, 11) is 0. The quantitative estimate of drug-likeness (QED) is 0.371. The molecule has 1 amide bonds. The number of thiazole rings is 1. The third-order valence-corrected chi connectivity index (χ3v) is 7.61. The highest BCUT2D eigenvalue weighted by Gasteiger charge is 2.35. The number of fused-ring (bicyclic) bond motifs is 3. The van der Waals surface area contributed by atoms with Crippen LogP contribution >= 0.6 is 11.3 Å². The van der Waals surface area contributed by atoms with E-state index in [4.69, 9.17) is 9.47 Å². The van der Waals surface area contributed by atoms with Crippen LogP contribution in [0.1, 0.15) is 28.6 Å². The highest BCUT2D eigenvalue weighted by atomic mass is 32.1. The highest BCUT2D eigenvalue weighted by molar-refractivity contribution is 7.15. The molecule has 4 heterocycles. The van der Waals surface area contributed by atoms with E-state index in [1.807, 2.05) is 79.7 Å². The van der Waals surface area contributed by atoms with Gasteiger partial charge in [0, 0.05) is 5.56 Å². The summed E-state index contributed by atoms with van der Waals surface area (Å²) in [6.07, 6.45) is -0.531. The molecule has 2 aliphatic heterocycles. The van der Waals surface area contributed by atoms with Gasteiger partial charge >= 0.3 is 0 Å². The zero-order chi connectivity index (χ0) is 25.1.